The van der Waals surface area contributed by atoms with E-state index in [-0.39, 0.29) is 0 Å². The summed E-state index contributed by atoms with van der Waals surface area (Å²) in [5.74, 6) is 0. The largest absolute Gasteiger partial charge is 0.754 e. The lowest BCUT2D eigenvalue weighted by atomic mass is 10.2. The minimum absolute atomic E-state index is 0.641. The lowest BCUT2D eigenvalue weighted by Gasteiger charge is -2.31. The summed E-state index contributed by atoms with van der Waals surface area (Å²) in [7, 11) is 3.95. The monoisotopic (exact) mass is 227 g/mol. The minimum atomic E-state index is 0.641. The highest BCUT2D eigenvalue weighted by molar-refractivity contribution is 5.66. The molecule has 0 aliphatic heterocycles. The summed E-state index contributed by atoms with van der Waals surface area (Å²) in [5, 5.41) is 13.0. The third-order valence-electron chi connectivity index (χ3n) is 2.59. The number of anilines is 3. The second kappa shape index (κ2) is 4.89. The summed E-state index contributed by atoms with van der Waals surface area (Å²) < 4.78 is 0. The van der Waals surface area contributed by atoms with Crippen molar-refractivity contribution in [2.75, 3.05) is 24.1 Å². The Hall–Kier alpha value is -2.00. The van der Waals surface area contributed by atoms with Crippen LogP contribution in [0.25, 0.3) is 0 Å². The molecule has 0 N–H and O–H groups in total. The van der Waals surface area contributed by atoms with E-state index in [1.807, 2.05) is 61.5 Å². The third-order valence-corrected chi connectivity index (χ3v) is 2.59. The van der Waals surface area contributed by atoms with E-state index in [0.29, 0.717) is 11.4 Å². The highest BCUT2D eigenvalue weighted by Crippen LogP contribution is 2.25. The summed E-state index contributed by atoms with van der Waals surface area (Å²) in [6, 6.07) is 16.7. The van der Waals surface area contributed by atoms with Gasteiger partial charge >= 0.3 is 0 Å². The van der Waals surface area contributed by atoms with Crippen molar-refractivity contribution in [3.63, 3.8) is 0 Å². The molecule has 0 amide bonds. The van der Waals surface area contributed by atoms with Gasteiger partial charge in [-0.15, -0.1) is 0 Å². The molecule has 88 valence electrons. The number of hydrogen-bond donors (Lipinski definition) is 0. The Morgan fingerprint density at radius 3 is 1.71 bits per heavy atom. The van der Waals surface area contributed by atoms with Crippen molar-refractivity contribution in [2.45, 2.75) is 0 Å². The van der Waals surface area contributed by atoms with Crippen LogP contribution in [-0.4, -0.2) is 14.1 Å². The fourth-order valence-corrected chi connectivity index (χ4v) is 1.60. The van der Waals surface area contributed by atoms with Crippen LogP contribution >= 0.6 is 0 Å². The number of benzene rings is 2. The SMILES string of the molecule is CN(C)c1ccc(N([O-])c2ccccc2)cc1. The van der Waals surface area contributed by atoms with Crippen molar-refractivity contribution in [2.24, 2.45) is 0 Å². The van der Waals surface area contributed by atoms with Crippen LogP contribution in [0.2, 0.25) is 0 Å². The van der Waals surface area contributed by atoms with Crippen LogP contribution in [0.3, 0.4) is 0 Å². The van der Waals surface area contributed by atoms with Crippen LogP contribution in [0.1, 0.15) is 0 Å². The van der Waals surface area contributed by atoms with Gasteiger partial charge in [0.05, 0.1) is 0 Å². The van der Waals surface area contributed by atoms with E-state index in [0.717, 1.165) is 10.8 Å². The second-order valence-electron chi connectivity index (χ2n) is 4.04. The van der Waals surface area contributed by atoms with E-state index >= 15 is 0 Å². The van der Waals surface area contributed by atoms with Crippen molar-refractivity contribution in [3.8, 4) is 0 Å². The summed E-state index contributed by atoms with van der Waals surface area (Å²) in [5.41, 5.74) is 2.36. The van der Waals surface area contributed by atoms with Gasteiger partial charge in [-0.2, -0.15) is 0 Å². The topological polar surface area (TPSA) is 29.5 Å². The molecule has 3 heteroatoms. The molecular formula is C14H15N2O-. The predicted molar refractivity (Wildman–Crippen MR) is 72.7 cm³/mol. The van der Waals surface area contributed by atoms with Crippen molar-refractivity contribution >= 4 is 17.1 Å². The number of hydrogen-bond acceptors (Lipinski definition) is 3. The van der Waals surface area contributed by atoms with Gasteiger partial charge in [0, 0.05) is 31.2 Å². The molecule has 0 unspecified atom stereocenters. The van der Waals surface area contributed by atoms with E-state index in [2.05, 4.69) is 0 Å². The van der Waals surface area contributed by atoms with E-state index in [9.17, 15) is 5.21 Å². The first-order chi connectivity index (χ1) is 8.18. The summed E-state index contributed by atoms with van der Waals surface area (Å²) in [6.45, 7) is 0. The molecule has 2 aromatic rings. The maximum atomic E-state index is 12.0. The highest BCUT2D eigenvalue weighted by atomic mass is 16.5. The normalized spacial score (nSPS) is 10.1. The lowest BCUT2D eigenvalue weighted by Crippen LogP contribution is -2.10. The number of para-hydroxylation sites is 1. The zero-order valence-electron chi connectivity index (χ0n) is 10.00. The molecule has 0 bridgehead atoms. The van der Waals surface area contributed by atoms with Crippen molar-refractivity contribution < 1.29 is 0 Å². The van der Waals surface area contributed by atoms with Gasteiger partial charge in [0.1, 0.15) is 0 Å². The van der Waals surface area contributed by atoms with Crippen LogP contribution in [0.4, 0.5) is 17.1 Å². The molecule has 0 radical (unpaired) electrons. The minimum Gasteiger partial charge on any atom is -0.754 e. The Labute approximate surface area is 101 Å². The fourth-order valence-electron chi connectivity index (χ4n) is 1.60. The standard InChI is InChI=1S/C14H15N2O/c1-15(2)12-8-10-14(11-9-12)16(17)13-6-4-3-5-7-13/h3-11H,1-2H3/q-1. The van der Waals surface area contributed by atoms with Gasteiger partial charge in [-0.05, 0) is 36.4 Å². The molecule has 0 heterocycles. The van der Waals surface area contributed by atoms with Gasteiger partial charge in [0.25, 0.3) is 0 Å². The molecule has 17 heavy (non-hydrogen) atoms. The fraction of sp³-hybridized carbons (Fsp3) is 0.143. The van der Waals surface area contributed by atoms with Gasteiger partial charge in [-0.1, -0.05) is 18.2 Å². The van der Waals surface area contributed by atoms with Crippen LogP contribution in [-0.2, 0) is 0 Å². The Morgan fingerprint density at radius 2 is 1.18 bits per heavy atom. The Balaban J connectivity index is 2.23. The van der Waals surface area contributed by atoms with Crippen molar-refractivity contribution in [1.82, 2.24) is 0 Å². The smallest absolute Gasteiger partial charge is 0.0362 e. The third kappa shape index (κ3) is 2.57. The van der Waals surface area contributed by atoms with Gasteiger partial charge in [-0.3, -0.25) is 0 Å². The Morgan fingerprint density at radius 1 is 0.706 bits per heavy atom. The van der Waals surface area contributed by atoms with Gasteiger partial charge in [-0.25, -0.2) is 0 Å². The number of nitrogens with zero attached hydrogens (tertiary/aromatic N) is 2. The molecule has 0 aromatic heterocycles. The molecule has 0 atom stereocenters. The maximum absolute atomic E-state index is 12.0. The molecule has 2 aromatic carbocycles. The van der Waals surface area contributed by atoms with E-state index in [1.54, 1.807) is 12.1 Å². The zero-order chi connectivity index (χ0) is 12.3. The zero-order valence-corrected chi connectivity index (χ0v) is 10.00. The van der Waals surface area contributed by atoms with E-state index < -0.39 is 0 Å². The molecule has 2 rings (SSSR count). The Kier molecular flexibility index (Phi) is 3.30. The van der Waals surface area contributed by atoms with Crippen LogP contribution in [0.5, 0.6) is 0 Å². The molecule has 0 saturated heterocycles. The van der Waals surface area contributed by atoms with E-state index in [1.165, 1.54) is 0 Å². The first-order valence-corrected chi connectivity index (χ1v) is 5.48. The van der Waals surface area contributed by atoms with Gasteiger partial charge in [0.2, 0.25) is 0 Å². The van der Waals surface area contributed by atoms with Crippen molar-refractivity contribution in [3.05, 3.63) is 59.8 Å². The van der Waals surface area contributed by atoms with Crippen LogP contribution in [0, 0.1) is 5.21 Å². The second-order valence-corrected chi connectivity index (χ2v) is 4.04. The average Bonchev–Trinajstić information content (AvgIpc) is 2.39. The summed E-state index contributed by atoms with van der Waals surface area (Å²) >= 11 is 0. The quantitative estimate of drug-likeness (QED) is 0.753. The first-order valence-electron chi connectivity index (χ1n) is 5.48. The van der Waals surface area contributed by atoms with Crippen molar-refractivity contribution in [1.29, 1.82) is 0 Å². The number of rotatable bonds is 3. The maximum Gasteiger partial charge on any atom is 0.0362 e. The molecule has 0 aliphatic rings. The molecular weight excluding hydrogens is 212 g/mol. The van der Waals surface area contributed by atoms with Crippen LogP contribution in [0.15, 0.2) is 54.6 Å². The summed E-state index contributed by atoms with van der Waals surface area (Å²) in [6.07, 6.45) is 0. The van der Waals surface area contributed by atoms with Gasteiger partial charge < -0.3 is 15.2 Å². The molecule has 3 nitrogen and oxygen atoms in total. The molecule has 0 saturated carbocycles. The first kappa shape index (κ1) is 11.5. The average molecular weight is 227 g/mol. The molecule has 0 spiro atoms. The lowest BCUT2D eigenvalue weighted by molar-refractivity contribution is 1.13. The van der Waals surface area contributed by atoms with E-state index in [4.69, 9.17) is 0 Å². The summed E-state index contributed by atoms with van der Waals surface area (Å²) in [4.78, 5) is 2.00. The van der Waals surface area contributed by atoms with Crippen LogP contribution < -0.4 is 9.96 Å². The highest BCUT2D eigenvalue weighted by Gasteiger charge is 1.99. The Bertz CT molecular complexity index is 465. The molecule has 0 fully saturated rings. The predicted octanol–water partition coefficient (Wildman–Crippen LogP) is 3.39. The molecule has 0 aliphatic carbocycles. The van der Waals surface area contributed by atoms with Gasteiger partial charge in [0.15, 0.2) is 0 Å².